The van der Waals surface area contributed by atoms with Gasteiger partial charge in [-0.3, -0.25) is 0 Å². The Balaban J connectivity index is 2.12. The predicted octanol–water partition coefficient (Wildman–Crippen LogP) is 8.60. The van der Waals surface area contributed by atoms with Crippen LogP contribution in [-0.2, 0) is 6.16 Å². The van der Waals surface area contributed by atoms with E-state index >= 15 is 0 Å². The second-order valence-corrected chi connectivity index (χ2v) is 13.4. The van der Waals surface area contributed by atoms with Gasteiger partial charge < -0.3 is 0 Å². The molecule has 0 nitrogen and oxygen atoms in total. The average molecular weight is 389 g/mol. The maximum absolute atomic E-state index is 2.44. The van der Waals surface area contributed by atoms with Crippen molar-refractivity contribution in [2.45, 2.75) is 58.0 Å². The highest BCUT2D eigenvalue weighted by molar-refractivity contribution is 7.60. The van der Waals surface area contributed by atoms with Crippen molar-refractivity contribution in [3.05, 3.63) is 84.4 Å². The Morgan fingerprint density at radius 1 is 0.571 bits per heavy atom. The zero-order valence-corrected chi connectivity index (χ0v) is 19.1. The summed E-state index contributed by atoms with van der Waals surface area (Å²) in [5.41, 5.74) is 6.77. The molecular formula is C27H33P. The fourth-order valence-electron chi connectivity index (χ4n) is 4.08. The first-order valence-corrected chi connectivity index (χ1v) is 11.7. The zero-order valence-electron chi connectivity index (χ0n) is 18.2. The Bertz CT molecular complexity index is 882. The van der Waals surface area contributed by atoms with E-state index in [2.05, 4.69) is 120 Å². The summed E-state index contributed by atoms with van der Waals surface area (Å²) in [6.45, 7) is 14.5. The second-order valence-electron chi connectivity index (χ2n) is 9.53. The molecule has 0 aliphatic heterocycles. The number of benzene rings is 3. The second kappa shape index (κ2) is 8.22. The van der Waals surface area contributed by atoms with E-state index in [1.54, 1.807) is 0 Å². The van der Waals surface area contributed by atoms with E-state index in [1.165, 1.54) is 27.8 Å². The van der Waals surface area contributed by atoms with Crippen LogP contribution in [0.15, 0.2) is 78.9 Å². The summed E-state index contributed by atoms with van der Waals surface area (Å²) in [4.78, 5) is 0. The molecule has 0 atom stereocenters. The molecule has 0 amide bonds. The van der Waals surface area contributed by atoms with E-state index in [1.807, 2.05) is 0 Å². The third-order valence-corrected chi connectivity index (χ3v) is 9.14. The molecule has 3 rings (SSSR count). The van der Waals surface area contributed by atoms with Gasteiger partial charge in [0.25, 0.3) is 0 Å². The first-order valence-electron chi connectivity index (χ1n) is 10.2. The summed E-state index contributed by atoms with van der Waals surface area (Å²) in [7, 11) is -0.207. The van der Waals surface area contributed by atoms with Crippen LogP contribution in [0.25, 0.3) is 22.3 Å². The maximum Gasteiger partial charge on any atom is -0.00573 e. The lowest BCUT2D eigenvalue weighted by Crippen LogP contribution is -2.26. The molecule has 0 aliphatic carbocycles. The fraction of sp³-hybridized carbons (Fsp3) is 0.333. The summed E-state index contributed by atoms with van der Waals surface area (Å²) < 4.78 is 0. The summed E-state index contributed by atoms with van der Waals surface area (Å²) in [6.07, 6.45) is 1.15. The maximum atomic E-state index is 2.44. The van der Waals surface area contributed by atoms with Crippen LogP contribution in [0.3, 0.4) is 0 Å². The van der Waals surface area contributed by atoms with Gasteiger partial charge in [0.2, 0.25) is 0 Å². The molecule has 1 heteroatoms. The van der Waals surface area contributed by atoms with Crippen LogP contribution in [0.1, 0.15) is 47.1 Å². The van der Waals surface area contributed by atoms with Crippen LogP contribution in [0.5, 0.6) is 0 Å². The van der Waals surface area contributed by atoms with Gasteiger partial charge >= 0.3 is 0 Å². The molecule has 0 fully saturated rings. The molecule has 28 heavy (non-hydrogen) atoms. The largest absolute Gasteiger partial charge is 0.0911 e. The van der Waals surface area contributed by atoms with E-state index in [4.69, 9.17) is 0 Å². The number of rotatable bonds is 4. The van der Waals surface area contributed by atoms with Crippen molar-refractivity contribution in [2.75, 3.05) is 0 Å². The Hall–Kier alpha value is -1.91. The van der Waals surface area contributed by atoms with Gasteiger partial charge in [-0.1, -0.05) is 128 Å². The SMILES string of the molecule is CC(C)(C)P(Cc1cc(-c2ccccc2)ccc1-c1ccccc1)C(C)(C)C. The van der Waals surface area contributed by atoms with Crippen LogP contribution in [-0.4, -0.2) is 10.3 Å². The van der Waals surface area contributed by atoms with Gasteiger partial charge in [0, 0.05) is 0 Å². The van der Waals surface area contributed by atoms with Crippen molar-refractivity contribution < 1.29 is 0 Å². The molecular weight excluding hydrogens is 355 g/mol. The molecule has 0 aliphatic rings. The summed E-state index contributed by atoms with van der Waals surface area (Å²) in [6, 6.07) is 28.6. The topological polar surface area (TPSA) is 0 Å². The van der Waals surface area contributed by atoms with Gasteiger partial charge in [0.1, 0.15) is 0 Å². The molecule has 0 spiro atoms. The molecule has 0 heterocycles. The van der Waals surface area contributed by atoms with E-state index < -0.39 is 0 Å². The smallest absolute Gasteiger partial charge is 0.00573 e. The molecule has 146 valence electrons. The van der Waals surface area contributed by atoms with Crippen molar-refractivity contribution in [3.63, 3.8) is 0 Å². The Labute approximate surface area is 172 Å². The van der Waals surface area contributed by atoms with E-state index in [0.29, 0.717) is 10.3 Å². The monoisotopic (exact) mass is 388 g/mol. The fourth-order valence-corrected chi connectivity index (χ4v) is 7.65. The van der Waals surface area contributed by atoms with Crippen LogP contribution >= 0.6 is 7.92 Å². The molecule has 0 saturated carbocycles. The van der Waals surface area contributed by atoms with E-state index in [9.17, 15) is 0 Å². The van der Waals surface area contributed by atoms with Crippen LogP contribution in [0, 0.1) is 0 Å². The summed E-state index contributed by atoms with van der Waals surface area (Å²) in [5, 5.41) is 0.620. The van der Waals surface area contributed by atoms with Crippen molar-refractivity contribution >= 4 is 7.92 Å². The number of hydrogen-bond acceptors (Lipinski definition) is 0. The first-order chi connectivity index (χ1) is 13.2. The zero-order chi connectivity index (χ0) is 20.4. The highest BCUT2D eigenvalue weighted by atomic mass is 31.1. The molecule has 0 radical (unpaired) electrons. The van der Waals surface area contributed by atoms with Gasteiger partial charge in [0.15, 0.2) is 0 Å². The molecule has 3 aromatic rings. The molecule has 0 N–H and O–H groups in total. The lowest BCUT2D eigenvalue weighted by molar-refractivity contribution is 0.703. The Morgan fingerprint density at radius 3 is 1.57 bits per heavy atom. The van der Waals surface area contributed by atoms with Gasteiger partial charge in [-0.05, 0) is 44.3 Å². The summed E-state index contributed by atoms with van der Waals surface area (Å²) in [5.74, 6) is 0. The lowest BCUT2D eigenvalue weighted by atomic mass is 9.96. The highest BCUT2D eigenvalue weighted by Crippen LogP contribution is 2.61. The Morgan fingerprint density at radius 2 is 1.07 bits per heavy atom. The molecule has 3 aromatic carbocycles. The van der Waals surface area contributed by atoms with Crippen molar-refractivity contribution in [2.24, 2.45) is 0 Å². The van der Waals surface area contributed by atoms with E-state index in [-0.39, 0.29) is 7.92 Å². The van der Waals surface area contributed by atoms with Crippen molar-refractivity contribution in [1.82, 2.24) is 0 Å². The number of hydrogen-bond donors (Lipinski definition) is 0. The van der Waals surface area contributed by atoms with Crippen molar-refractivity contribution in [3.8, 4) is 22.3 Å². The minimum atomic E-state index is -0.207. The van der Waals surface area contributed by atoms with Crippen LogP contribution in [0.2, 0.25) is 0 Å². The quantitative estimate of drug-likeness (QED) is 0.392. The minimum absolute atomic E-state index is 0.207. The average Bonchev–Trinajstić information content (AvgIpc) is 2.65. The van der Waals surface area contributed by atoms with Gasteiger partial charge in [-0.15, -0.1) is 0 Å². The van der Waals surface area contributed by atoms with E-state index in [0.717, 1.165) is 6.16 Å². The highest BCUT2D eigenvalue weighted by Gasteiger charge is 2.34. The normalized spacial score (nSPS) is 12.4. The molecule has 0 unspecified atom stereocenters. The Kier molecular flexibility index (Phi) is 6.11. The van der Waals surface area contributed by atoms with Crippen LogP contribution < -0.4 is 0 Å². The third-order valence-electron chi connectivity index (χ3n) is 5.25. The van der Waals surface area contributed by atoms with Gasteiger partial charge in [-0.2, -0.15) is 0 Å². The standard InChI is InChI=1S/C27H33P/c1-26(2,3)28(27(4,5)6)20-24-19-23(21-13-9-7-10-14-21)17-18-25(24)22-15-11-8-12-16-22/h7-19H,20H2,1-6H3. The molecule has 0 aromatic heterocycles. The summed E-state index contributed by atoms with van der Waals surface area (Å²) >= 11 is 0. The third kappa shape index (κ3) is 4.92. The lowest BCUT2D eigenvalue weighted by Gasteiger charge is -2.42. The van der Waals surface area contributed by atoms with Crippen molar-refractivity contribution in [1.29, 1.82) is 0 Å². The first kappa shape index (κ1) is 20.8. The molecule has 0 bridgehead atoms. The van der Waals surface area contributed by atoms with Crippen LogP contribution in [0.4, 0.5) is 0 Å². The predicted molar refractivity (Wildman–Crippen MR) is 127 cm³/mol. The molecule has 0 saturated heterocycles. The van der Waals surface area contributed by atoms with Gasteiger partial charge in [0.05, 0.1) is 0 Å². The van der Waals surface area contributed by atoms with Gasteiger partial charge in [-0.25, -0.2) is 0 Å². The minimum Gasteiger partial charge on any atom is -0.0911 e.